The summed E-state index contributed by atoms with van der Waals surface area (Å²) in [7, 11) is -6.16. The quantitative estimate of drug-likeness (QED) is 0.437. The highest BCUT2D eigenvalue weighted by molar-refractivity contribution is 7.92. The molecule has 0 radical (unpaired) electrons. The van der Waals surface area contributed by atoms with Gasteiger partial charge in [-0.2, -0.15) is 0 Å². The second-order valence-corrected chi connectivity index (χ2v) is 12.6. The van der Waals surface area contributed by atoms with Gasteiger partial charge in [-0.25, -0.2) is 16.8 Å². The van der Waals surface area contributed by atoms with Crippen LogP contribution in [-0.4, -0.2) is 87.8 Å². The van der Waals surface area contributed by atoms with Crippen LogP contribution in [0.3, 0.4) is 0 Å². The Morgan fingerprint density at radius 2 is 1.93 bits per heavy atom. The number of nitrogens with zero attached hydrogens (tertiary/aromatic N) is 2. The minimum absolute atomic E-state index is 0.00197. The van der Waals surface area contributed by atoms with Gasteiger partial charge in [0.1, 0.15) is 0 Å². The van der Waals surface area contributed by atoms with E-state index in [1.807, 2.05) is 11.8 Å². The van der Waals surface area contributed by atoms with Crippen LogP contribution in [0.15, 0.2) is 4.99 Å². The Bertz CT molecular complexity index is 790. The molecular formula is C16H30N4O5S2. The van der Waals surface area contributed by atoms with Gasteiger partial charge < -0.3 is 15.5 Å². The van der Waals surface area contributed by atoms with Gasteiger partial charge in [-0.05, 0) is 27.2 Å². The Kier molecular flexibility index (Phi) is 6.77. The summed E-state index contributed by atoms with van der Waals surface area (Å²) in [6, 6.07) is -0.312. The average molecular weight is 423 g/mol. The first-order valence-electron chi connectivity index (χ1n) is 9.21. The number of carbonyl (C=O) groups excluding carboxylic acids is 1. The van der Waals surface area contributed by atoms with E-state index in [1.54, 1.807) is 13.8 Å². The van der Waals surface area contributed by atoms with Gasteiger partial charge in [-0.15, -0.1) is 0 Å². The van der Waals surface area contributed by atoms with Crippen LogP contribution in [0.4, 0.5) is 0 Å². The lowest BCUT2D eigenvalue weighted by Gasteiger charge is -2.39. The zero-order chi connectivity index (χ0) is 20.3. The molecule has 2 heterocycles. The first-order chi connectivity index (χ1) is 12.5. The Hall–Kier alpha value is -1.36. The van der Waals surface area contributed by atoms with Crippen molar-refractivity contribution in [2.24, 2.45) is 4.99 Å². The van der Waals surface area contributed by atoms with Crippen molar-refractivity contribution in [2.45, 2.75) is 44.4 Å². The van der Waals surface area contributed by atoms with E-state index in [4.69, 9.17) is 0 Å². The highest BCUT2D eigenvalue weighted by atomic mass is 32.2. The molecule has 2 rings (SSSR count). The molecule has 156 valence electrons. The molecule has 0 aromatic rings. The zero-order valence-corrected chi connectivity index (χ0v) is 17.8. The first kappa shape index (κ1) is 21.9. The summed E-state index contributed by atoms with van der Waals surface area (Å²) >= 11 is 0. The van der Waals surface area contributed by atoms with Crippen molar-refractivity contribution in [1.82, 2.24) is 15.5 Å². The van der Waals surface area contributed by atoms with Crippen LogP contribution >= 0.6 is 0 Å². The molecule has 0 aromatic carbocycles. The molecule has 2 fully saturated rings. The van der Waals surface area contributed by atoms with Crippen LogP contribution in [-0.2, 0) is 24.5 Å². The van der Waals surface area contributed by atoms with Crippen molar-refractivity contribution in [3.8, 4) is 0 Å². The molecule has 0 saturated carbocycles. The molecule has 0 spiro atoms. The molecule has 2 N–H and O–H groups in total. The number of aliphatic imine (C=N–C) groups is 1. The Morgan fingerprint density at radius 3 is 2.48 bits per heavy atom. The topological polar surface area (TPSA) is 125 Å². The SMILES string of the molecule is CCNC(=NCCC(=O)NC1CCS(=O)(=O)C1)N1CCS(=O)(=O)C(C)(C)C1. The van der Waals surface area contributed by atoms with Crippen LogP contribution in [0.1, 0.15) is 33.6 Å². The van der Waals surface area contributed by atoms with Crippen molar-refractivity contribution in [2.75, 3.05) is 43.4 Å². The van der Waals surface area contributed by atoms with Crippen molar-refractivity contribution in [1.29, 1.82) is 0 Å². The van der Waals surface area contributed by atoms with E-state index in [9.17, 15) is 21.6 Å². The molecule has 1 atom stereocenters. The van der Waals surface area contributed by atoms with Crippen molar-refractivity contribution in [3.05, 3.63) is 0 Å². The number of hydrogen-bond donors (Lipinski definition) is 2. The molecule has 0 aliphatic carbocycles. The summed E-state index contributed by atoms with van der Waals surface area (Å²) in [5.41, 5.74) is 0. The lowest BCUT2D eigenvalue weighted by molar-refractivity contribution is -0.121. The van der Waals surface area contributed by atoms with Gasteiger partial charge in [0.25, 0.3) is 0 Å². The minimum Gasteiger partial charge on any atom is -0.357 e. The zero-order valence-electron chi connectivity index (χ0n) is 16.2. The summed E-state index contributed by atoms with van der Waals surface area (Å²) in [5, 5.41) is 5.89. The summed E-state index contributed by atoms with van der Waals surface area (Å²) in [5.74, 6) is 0.562. The number of amides is 1. The van der Waals surface area contributed by atoms with Crippen LogP contribution in [0, 0.1) is 0 Å². The fourth-order valence-electron chi connectivity index (χ4n) is 3.22. The van der Waals surface area contributed by atoms with E-state index in [0.717, 1.165) is 0 Å². The molecular weight excluding hydrogens is 392 g/mol. The van der Waals surface area contributed by atoms with Gasteiger partial charge in [0.2, 0.25) is 5.91 Å². The molecule has 2 aliphatic rings. The van der Waals surface area contributed by atoms with Gasteiger partial charge in [-0.1, -0.05) is 0 Å². The number of rotatable bonds is 5. The highest BCUT2D eigenvalue weighted by Gasteiger charge is 2.41. The van der Waals surface area contributed by atoms with Crippen molar-refractivity contribution >= 4 is 31.5 Å². The number of nitrogens with one attached hydrogen (secondary N) is 2. The molecule has 1 amide bonds. The molecule has 0 bridgehead atoms. The van der Waals surface area contributed by atoms with Gasteiger partial charge in [0.15, 0.2) is 25.6 Å². The third-order valence-corrected chi connectivity index (χ3v) is 9.18. The van der Waals surface area contributed by atoms with E-state index in [0.29, 0.717) is 32.0 Å². The summed E-state index contributed by atoms with van der Waals surface area (Å²) in [6.45, 7) is 6.93. The van der Waals surface area contributed by atoms with E-state index >= 15 is 0 Å². The Balaban J connectivity index is 1.91. The molecule has 27 heavy (non-hydrogen) atoms. The number of carbonyl (C=O) groups is 1. The van der Waals surface area contributed by atoms with Gasteiger partial charge in [-0.3, -0.25) is 9.79 Å². The summed E-state index contributed by atoms with van der Waals surface area (Å²) in [6.07, 6.45) is 0.609. The maximum Gasteiger partial charge on any atom is 0.222 e. The largest absolute Gasteiger partial charge is 0.357 e. The second-order valence-electron chi connectivity index (χ2n) is 7.65. The second kappa shape index (κ2) is 8.34. The van der Waals surface area contributed by atoms with Crippen molar-refractivity contribution in [3.63, 3.8) is 0 Å². The maximum absolute atomic E-state index is 12.2. The fraction of sp³-hybridized carbons (Fsp3) is 0.875. The molecule has 1 unspecified atom stereocenters. The van der Waals surface area contributed by atoms with Crippen LogP contribution in [0.25, 0.3) is 0 Å². The molecule has 2 aliphatic heterocycles. The Labute approximate surface area is 161 Å². The third kappa shape index (κ3) is 5.81. The van der Waals surface area contributed by atoms with Crippen LogP contribution in [0.5, 0.6) is 0 Å². The van der Waals surface area contributed by atoms with E-state index in [1.165, 1.54) is 0 Å². The molecule has 0 aromatic heterocycles. The van der Waals surface area contributed by atoms with Crippen LogP contribution in [0.2, 0.25) is 0 Å². The smallest absolute Gasteiger partial charge is 0.222 e. The standard InChI is InChI=1S/C16H30N4O5S2/c1-4-17-15(20-8-10-27(24,25)16(2,3)12-20)18-7-5-14(21)19-13-6-9-26(22,23)11-13/h13H,4-12H2,1-3H3,(H,17,18)(H,19,21). The lowest BCUT2D eigenvalue weighted by atomic mass is 10.2. The minimum atomic E-state index is -3.14. The molecule has 11 heteroatoms. The lowest BCUT2D eigenvalue weighted by Crippen LogP contribution is -2.57. The predicted octanol–water partition coefficient (Wildman–Crippen LogP) is -0.846. The normalized spacial score (nSPS) is 26.6. The van der Waals surface area contributed by atoms with E-state index in [-0.39, 0.29) is 42.2 Å². The van der Waals surface area contributed by atoms with Gasteiger partial charge >= 0.3 is 0 Å². The van der Waals surface area contributed by atoms with E-state index < -0.39 is 24.4 Å². The number of guanidine groups is 1. The molecule has 2 saturated heterocycles. The predicted molar refractivity (Wildman–Crippen MR) is 105 cm³/mol. The number of hydrogen-bond acceptors (Lipinski definition) is 6. The summed E-state index contributed by atoms with van der Waals surface area (Å²) in [4.78, 5) is 18.4. The maximum atomic E-state index is 12.2. The van der Waals surface area contributed by atoms with Gasteiger partial charge in [0.05, 0.1) is 28.6 Å². The fourth-order valence-corrected chi connectivity index (χ4v) is 6.26. The van der Waals surface area contributed by atoms with Crippen molar-refractivity contribution < 1.29 is 21.6 Å². The summed E-state index contributed by atoms with van der Waals surface area (Å²) < 4.78 is 46.3. The van der Waals surface area contributed by atoms with Gasteiger partial charge in [0, 0.05) is 32.1 Å². The first-order valence-corrected chi connectivity index (χ1v) is 12.7. The number of sulfone groups is 2. The highest BCUT2D eigenvalue weighted by Crippen LogP contribution is 2.23. The average Bonchev–Trinajstić information content (AvgIpc) is 2.88. The van der Waals surface area contributed by atoms with Crippen LogP contribution < -0.4 is 10.6 Å². The Morgan fingerprint density at radius 1 is 1.22 bits per heavy atom. The third-order valence-electron chi connectivity index (χ3n) is 4.88. The monoisotopic (exact) mass is 422 g/mol. The molecule has 9 nitrogen and oxygen atoms in total. The van der Waals surface area contributed by atoms with E-state index in [2.05, 4.69) is 15.6 Å².